The van der Waals surface area contributed by atoms with E-state index in [4.69, 9.17) is 9.84 Å². The van der Waals surface area contributed by atoms with Crippen LogP contribution in [0.4, 0.5) is 0 Å². The molecule has 0 aliphatic carbocycles. The topological polar surface area (TPSA) is 71.4 Å². The number of piperidine rings is 1. The largest absolute Gasteiger partial charge is 0.493 e. The number of halogens is 1. The molecule has 1 aliphatic rings. The Morgan fingerprint density at radius 1 is 1.33 bits per heavy atom. The van der Waals surface area contributed by atoms with Crippen LogP contribution < -0.4 is 15.6 Å². The Hall–Kier alpha value is -2.05. The predicted molar refractivity (Wildman–Crippen MR) is 96.6 cm³/mol. The van der Waals surface area contributed by atoms with Crippen molar-refractivity contribution in [2.24, 2.45) is 0 Å². The van der Waals surface area contributed by atoms with Crippen LogP contribution in [-0.2, 0) is 0 Å². The van der Waals surface area contributed by atoms with Gasteiger partial charge in [-0.05, 0) is 45.0 Å². The zero-order valence-corrected chi connectivity index (χ0v) is 14.4. The first-order valence-corrected chi connectivity index (χ1v) is 8.16. The molecule has 4 rings (SSSR count). The minimum atomic E-state index is -0.0841. The average Bonchev–Trinajstić information content (AvgIpc) is 2.94. The number of aromatic amines is 1. The zero-order chi connectivity index (χ0) is 15.8. The van der Waals surface area contributed by atoms with Crippen LogP contribution in [0.1, 0.15) is 31.4 Å². The van der Waals surface area contributed by atoms with Crippen molar-refractivity contribution in [2.75, 3.05) is 19.7 Å². The fraction of sp³-hybridized carbons (Fsp3) is 0.412. The highest BCUT2D eigenvalue weighted by atomic mass is 35.5. The molecule has 6 nitrogen and oxygen atoms in total. The third-order valence-corrected chi connectivity index (χ3v) is 4.48. The maximum atomic E-state index is 12.2. The molecule has 0 saturated carbocycles. The summed E-state index contributed by atoms with van der Waals surface area (Å²) in [5.41, 5.74) is 2.47. The summed E-state index contributed by atoms with van der Waals surface area (Å²) in [7, 11) is 0. The van der Waals surface area contributed by atoms with Gasteiger partial charge in [0.25, 0.3) is 5.56 Å². The highest BCUT2D eigenvalue weighted by Gasteiger charge is 2.21. The highest BCUT2D eigenvalue weighted by molar-refractivity contribution is 5.97. The summed E-state index contributed by atoms with van der Waals surface area (Å²) in [6.45, 7) is 4.48. The number of hydrogen-bond donors (Lipinski definition) is 2. The summed E-state index contributed by atoms with van der Waals surface area (Å²) >= 11 is 0. The minimum absolute atomic E-state index is 0. The summed E-state index contributed by atoms with van der Waals surface area (Å²) in [6.07, 6.45) is 2.04. The summed E-state index contributed by atoms with van der Waals surface area (Å²) in [5.74, 6) is 1.11. The first kappa shape index (κ1) is 16.8. The molecule has 128 valence electrons. The molecule has 3 heterocycles. The Morgan fingerprint density at radius 2 is 2.12 bits per heavy atom. The molecule has 0 bridgehead atoms. The van der Waals surface area contributed by atoms with E-state index in [0.29, 0.717) is 12.5 Å². The molecule has 0 spiro atoms. The van der Waals surface area contributed by atoms with Crippen LogP contribution in [0.3, 0.4) is 0 Å². The monoisotopic (exact) mass is 348 g/mol. The van der Waals surface area contributed by atoms with E-state index >= 15 is 0 Å². The lowest BCUT2D eigenvalue weighted by Gasteiger charge is -2.23. The Balaban J connectivity index is 0.00000169. The van der Waals surface area contributed by atoms with Gasteiger partial charge >= 0.3 is 0 Å². The van der Waals surface area contributed by atoms with E-state index in [1.54, 1.807) is 6.07 Å². The van der Waals surface area contributed by atoms with Crippen molar-refractivity contribution < 1.29 is 4.74 Å². The second-order valence-corrected chi connectivity index (χ2v) is 5.93. The lowest BCUT2D eigenvalue weighted by atomic mass is 9.94. The fourth-order valence-electron chi connectivity index (χ4n) is 3.44. The molecule has 1 aliphatic heterocycles. The minimum Gasteiger partial charge on any atom is -0.493 e. The Bertz CT molecular complexity index is 912. The normalized spacial score (nSPS) is 15.5. The molecule has 2 N–H and O–H groups in total. The number of fused-ring (bicyclic) bond motifs is 3. The Morgan fingerprint density at radius 3 is 2.88 bits per heavy atom. The summed E-state index contributed by atoms with van der Waals surface area (Å²) in [4.78, 5) is 15.1. The number of H-pyrrole nitrogens is 1. The molecule has 0 radical (unpaired) electrons. The molecule has 2 aromatic heterocycles. The molecular weight excluding hydrogens is 328 g/mol. The van der Waals surface area contributed by atoms with Gasteiger partial charge in [-0.15, -0.1) is 12.4 Å². The van der Waals surface area contributed by atoms with Crippen molar-refractivity contribution in [3.8, 4) is 5.75 Å². The lowest BCUT2D eigenvalue weighted by molar-refractivity contribution is 0.344. The van der Waals surface area contributed by atoms with Crippen molar-refractivity contribution in [1.29, 1.82) is 0 Å². The summed E-state index contributed by atoms with van der Waals surface area (Å²) < 4.78 is 7.62. The molecule has 7 heteroatoms. The van der Waals surface area contributed by atoms with Gasteiger partial charge in [0, 0.05) is 12.0 Å². The smallest absolute Gasteiger partial charge is 0.251 e. The van der Waals surface area contributed by atoms with Gasteiger partial charge in [0.05, 0.1) is 23.2 Å². The number of hydrogen-bond acceptors (Lipinski definition) is 4. The van der Waals surface area contributed by atoms with Gasteiger partial charge in [0.15, 0.2) is 0 Å². The maximum absolute atomic E-state index is 12.2. The van der Waals surface area contributed by atoms with Crippen LogP contribution in [0.5, 0.6) is 5.75 Å². The van der Waals surface area contributed by atoms with Gasteiger partial charge in [-0.25, -0.2) is 4.52 Å². The standard InChI is InChI=1S/C17H20N4O2.ClH/c1-2-23-14-5-3-4-12-16(14)17-19-15(22)10-13(21(17)20-12)11-6-8-18-9-7-11;/h3-5,10-11,18H,2,6-9H2,1H3,(H,19,22);1H. The SMILES string of the molecule is CCOc1cccc2nn3c(C4CCNCC4)cc(=O)[nH]c3c12.Cl. The van der Waals surface area contributed by atoms with Crippen LogP contribution in [-0.4, -0.2) is 34.3 Å². The van der Waals surface area contributed by atoms with Crippen molar-refractivity contribution in [1.82, 2.24) is 19.9 Å². The summed E-state index contributed by atoms with van der Waals surface area (Å²) in [5, 5.41) is 8.96. The van der Waals surface area contributed by atoms with Crippen LogP contribution in [0.15, 0.2) is 29.1 Å². The van der Waals surface area contributed by atoms with Crippen LogP contribution >= 0.6 is 12.4 Å². The molecule has 0 unspecified atom stereocenters. The van der Waals surface area contributed by atoms with E-state index in [1.807, 2.05) is 29.6 Å². The maximum Gasteiger partial charge on any atom is 0.251 e. The average molecular weight is 349 g/mol. The van der Waals surface area contributed by atoms with E-state index in [0.717, 1.165) is 53.9 Å². The molecule has 3 aromatic rings. The lowest BCUT2D eigenvalue weighted by Crippen LogP contribution is -2.28. The molecule has 1 fully saturated rings. The zero-order valence-electron chi connectivity index (χ0n) is 13.5. The van der Waals surface area contributed by atoms with Gasteiger partial charge in [0.2, 0.25) is 0 Å². The second-order valence-electron chi connectivity index (χ2n) is 5.93. The predicted octanol–water partition coefficient (Wildman–Crippen LogP) is 2.46. The third-order valence-electron chi connectivity index (χ3n) is 4.48. The quantitative estimate of drug-likeness (QED) is 0.762. The number of benzene rings is 1. The Kier molecular flexibility index (Phi) is 4.78. The third kappa shape index (κ3) is 2.76. The van der Waals surface area contributed by atoms with Crippen molar-refractivity contribution >= 4 is 29.0 Å². The molecule has 0 atom stereocenters. The first-order chi connectivity index (χ1) is 11.3. The van der Waals surface area contributed by atoms with Crippen LogP contribution in [0.2, 0.25) is 0 Å². The molecule has 1 saturated heterocycles. The van der Waals surface area contributed by atoms with Gasteiger partial charge in [-0.1, -0.05) is 6.07 Å². The second kappa shape index (κ2) is 6.83. The van der Waals surface area contributed by atoms with Gasteiger partial charge in [-0.3, -0.25) is 4.79 Å². The van der Waals surface area contributed by atoms with Crippen molar-refractivity contribution in [2.45, 2.75) is 25.7 Å². The van der Waals surface area contributed by atoms with E-state index in [-0.39, 0.29) is 18.0 Å². The number of rotatable bonds is 3. The molecule has 24 heavy (non-hydrogen) atoms. The van der Waals surface area contributed by atoms with Gasteiger partial charge < -0.3 is 15.0 Å². The van der Waals surface area contributed by atoms with E-state index in [1.165, 1.54) is 0 Å². The first-order valence-electron chi connectivity index (χ1n) is 8.16. The van der Waals surface area contributed by atoms with Crippen LogP contribution in [0, 0.1) is 0 Å². The van der Waals surface area contributed by atoms with E-state index in [9.17, 15) is 4.79 Å². The van der Waals surface area contributed by atoms with E-state index < -0.39 is 0 Å². The molecule has 1 aromatic carbocycles. The number of aromatic nitrogens is 3. The molecule has 0 amide bonds. The van der Waals surface area contributed by atoms with Crippen molar-refractivity contribution in [3.05, 3.63) is 40.3 Å². The van der Waals surface area contributed by atoms with E-state index in [2.05, 4.69) is 10.3 Å². The highest BCUT2D eigenvalue weighted by Crippen LogP contribution is 2.31. The number of nitrogens with one attached hydrogen (secondary N) is 2. The van der Waals surface area contributed by atoms with Gasteiger partial charge in [0.1, 0.15) is 11.4 Å². The van der Waals surface area contributed by atoms with Crippen LogP contribution in [0.25, 0.3) is 16.6 Å². The number of nitrogens with zero attached hydrogens (tertiary/aromatic N) is 2. The van der Waals surface area contributed by atoms with Gasteiger partial charge in [-0.2, -0.15) is 5.10 Å². The fourth-order valence-corrected chi connectivity index (χ4v) is 3.44. The molecular formula is C17H21ClN4O2. The Labute approximate surface area is 145 Å². The van der Waals surface area contributed by atoms with Crippen molar-refractivity contribution in [3.63, 3.8) is 0 Å². The number of ether oxygens (including phenoxy) is 1. The summed E-state index contributed by atoms with van der Waals surface area (Å²) in [6, 6.07) is 7.50.